The fraction of sp³-hybridized carbons (Fsp3) is 0.200. The third-order valence-electron chi connectivity index (χ3n) is 3.19. The Labute approximate surface area is 131 Å². The zero-order chi connectivity index (χ0) is 15.6. The van der Waals surface area contributed by atoms with Gasteiger partial charge in [-0.25, -0.2) is 8.78 Å². The molecule has 112 valence electrons. The van der Waals surface area contributed by atoms with Gasteiger partial charge in [0.15, 0.2) is 0 Å². The number of hydrogen-bond acceptors (Lipinski definition) is 2. The lowest BCUT2D eigenvalue weighted by atomic mass is 9.92. The van der Waals surface area contributed by atoms with Crippen molar-refractivity contribution in [2.45, 2.75) is 12.5 Å². The van der Waals surface area contributed by atoms with E-state index in [2.05, 4.69) is 5.32 Å². The van der Waals surface area contributed by atoms with E-state index >= 15 is 0 Å². The Morgan fingerprint density at radius 1 is 1.10 bits per heavy atom. The quantitative estimate of drug-likeness (QED) is 0.803. The third-order valence-corrected chi connectivity index (χ3v) is 3.79. The van der Waals surface area contributed by atoms with Gasteiger partial charge in [-0.3, -0.25) is 0 Å². The van der Waals surface area contributed by atoms with E-state index in [1.165, 1.54) is 36.4 Å². The van der Waals surface area contributed by atoms with E-state index in [1.54, 1.807) is 6.92 Å². The van der Waals surface area contributed by atoms with E-state index in [0.29, 0.717) is 11.3 Å². The number of aliphatic hydroxyl groups is 1. The number of hydrogen-bond donors (Lipinski definition) is 2. The van der Waals surface area contributed by atoms with E-state index in [1.807, 2.05) is 0 Å². The number of anilines is 1. The molecule has 2 aromatic rings. The largest absolute Gasteiger partial charge is 0.394 e. The highest BCUT2D eigenvalue weighted by molar-refractivity contribution is 6.35. The molecule has 0 spiro atoms. The summed E-state index contributed by atoms with van der Waals surface area (Å²) in [5.41, 5.74) is -0.113. The zero-order valence-electron chi connectivity index (χ0n) is 11.1. The monoisotopic (exact) mass is 331 g/mol. The van der Waals surface area contributed by atoms with Gasteiger partial charge in [0.25, 0.3) is 0 Å². The Balaban J connectivity index is 2.41. The molecule has 0 bridgehead atoms. The van der Waals surface area contributed by atoms with Crippen molar-refractivity contribution < 1.29 is 13.9 Å². The Hall–Kier alpha value is -1.36. The van der Waals surface area contributed by atoms with Crippen molar-refractivity contribution in [2.75, 3.05) is 11.9 Å². The summed E-state index contributed by atoms with van der Waals surface area (Å²) >= 11 is 11.8. The molecule has 0 radical (unpaired) electrons. The highest BCUT2D eigenvalue weighted by Crippen LogP contribution is 2.34. The minimum absolute atomic E-state index is 0.0918. The minimum Gasteiger partial charge on any atom is -0.394 e. The minimum atomic E-state index is -1.04. The van der Waals surface area contributed by atoms with Crippen LogP contribution < -0.4 is 5.32 Å². The molecule has 0 aliphatic heterocycles. The second-order valence-electron chi connectivity index (χ2n) is 4.87. The second-order valence-corrected chi connectivity index (χ2v) is 5.68. The lowest BCUT2D eigenvalue weighted by molar-refractivity contribution is 0.224. The van der Waals surface area contributed by atoms with Crippen molar-refractivity contribution in [1.82, 2.24) is 0 Å². The van der Waals surface area contributed by atoms with E-state index in [9.17, 15) is 13.9 Å². The Bertz CT molecular complexity index is 649. The van der Waals surface area contributed by atoms with Crippen LogP contribution in [0.25, 0.3) is 0 Å². The van der Waals surface area contributed by atoms with Crippen molar-refractivity contribution in [1.29, 1.82) is 0 Å². The van der Waals surface area contributed by atoms with Gasteiger partial charge in [-0.05, 0) is 43.3 Å². The number of nitrogens with one attached hydrogen (secondary N) is 1. The van der Waals surface area contributed by atoms with Gasteiger partial charge in [0, 0.05) is 16.3 Å². The Morgan fingerprint density at radius 2 is 1.71 bits per heavy atom. The lowest BCUT2D eigenvalue weighted by Gasteiger charge is -2.31. The first-order valence-corrected chi connectivity index (χ1v) is 6.91. The summed E-state index contributed by atoms with van der Waals surface area (Å²) < 4.78 is 26.6. The maximum atomic E-state index is 13.7. The molecule has 0 saturated carbocycles. The van der Waals surface area contributed by atoms with Gasteiger partial charge in [0.1, 0.15) is 11.6 Å². The summed E-state index contributed by atoms with van der Waals surface area (Å²) in [4.78, 5) is 0. The molecular weight excluding hydrogens is 319 g/mol. The van der Waals surface area contributed by atoms with Crippen LogP contribution in [0.4, 0.5) is 14.5 Å². The normalized spacial score (nSPS) is 13.8. The van der Waals surface area contributed by atoms with E-state index < -0.39 is 11.4 Å². The van der Waals surface area contributed by atoms with Gasteiger partial charge in [0.2, 0.25) is 0 Å². The Morgan fingerprint density at radius 3 is 2.29 bits per heavy atom. The first kappa shape index (κ1) is 16.0. The molecule has 0 amide bonds. The molecule has 0 aliphatic carbocycles. The standard InChI is InChI=1S/C15H13Cl2F2NO/c1-15(8-21,20-10-4-2-9(18)3-5-10)11-6-14(19)13(17)7-12(11)16/h2-7,20-21H,8H2,1H3. The van der Waals surface area contributed by atoms with Crippen LogP contribution in [-0.4, -0.2) is 11.7 Å². The van der Waals surface area contributed by atoms with Crippen LogP contribution in [0.3, 0.4) is 0 Å². The number of aliphatic hydroxyl groups excluding tert-OH is 1. The molecular formula is C15H13Cl2F2NO. The highest BCUT2D eigenvalue weighted by atomic mass is 35.5. The highest BCUT2D eigenvalue weighted by Gasteiger charge is 2.29. The van der Waals surface area contributed by atoms with E-state index in [4.69, 9.17) is 23.2 Å². The SMILES string of the molecule is CC(CO)(Nc1ccc(F)cc1)c1cc(F)c(Cl)cc1Cl. The van der Waals surface area contributed by atoms with Crippen LogP contribution in [-0.2, 0) is 5.54 Å². The first-order chi connectivity index (χ1) is 9.85. The molecule has 1 unspecified atom stereocenters. The average molecular weight is 332 g/mol. The number of halogens is 4. The summed E-state index contributed by atoms with van der Waals surface area (Å²) in [6.07, 6.45) is 0. The summed E-state index contributed by atoms with van der Waals surface area (Å²) in [5.74, 6) is -1.00. The average Bonchev–Trinajstić information content (AvgIpc) is 2.45. The molecule has 21 heavy (non-hydrogen) atoms. The summed E-state index contributed by atoms with van der Waals surface area (Å²) in [6, 6.07) is 8.06. The van der Waals surface area contributed by atoms with Gasteiger partial charge in [-0.15, -0.1) is 0 Å². The summed E-state index contributed by atoms with van der Waals surface area (Å²) in [7, 11) is 0. The molecule has 2 aromatic carbocycles. The van der Waals surface area contributed by atoms with Gasteiger partial charge in [0.05, 0.1) is 17.2 Å². The van der Waals surface area contributed by atoms with Crippen LogP contribution >= 0.6 is 23.2 Å². The number of rotatable bonds is 4. The molecule has 6 heteroatoms. The lowest BCUT2D eigenvalue weighted by Crippen LogP contribution is -2.36. The molecule has 0 fully saturated rings. The van der Waals surface area contributed by atoms with E-state index in [0.717, 1.165) is 0 Å². The zero-order valence-corrected chi connectivity index (χ0v) is 12.6. The molecule has 2 rings (SSSR count). The van der Waals surface area contributed by atoms with Crippen LogP contribution in [0.15, 0.2) is 36.4 Å². The summed E-state index contributed by atoms with van der Waals surface area (Å²) in [5, 5.41) is 12.9. The van der Waals surface area contributed by atoms with Crippen molar-refractivity contribution in [3.05, 3.63) is 63.6 Å². The topological polar surface area (TPSA) is 32.3 Å². The third kappa shape index (κ3) is 3.46. The predicted molar refractivity (Wildman–Crippen MR) is 80.9 cm³/mol. The van der Waals surface area contributed by atoms with Crippen LogP contribution in [0.1, 0.15) is 12.5 Å². The maximum absolute atomic E-state index is 13.7. The molecule has 2 N–H and O–H groups in total. The van der Waals surface area contributed by atoms with Crippen molar-refractivity contribution in [3.8, 4) is 0 Å². The summed E-state index contributed by atoms with van der Waals surface area (Å²) in [6.45, 7) is 1.32. The van der Waals surface area contributed by atoms with Crippen LogP contribution in [0.2, 0.25) is 10.0 Å². The molecule has 0 saturated heterocycles. The maximum Gasteiger partial charge on any atom is 0.142 e. The van der Waals surface area contributed by atoms with E-state index in [-0.39, 0.29) is 22.5 Å². The van der Waals surface area contributed by atoms with Gasteiger partial charge >= 0.3 is 0 Å². The fourth-order valence-corrected chi connectivity index (χ4v) is 2.58. The molecule has 0 heterocycles. The Kier molecular flexibility index (Phi) is 4.71. The molecule has 0 aliphatic rings. The smallest absolute Gasteiger partial charge is 0.142 e. The first-order valence-electron chi connectivity index (χ1n) is 6.15. The van der Waals surface area contributed by atoms with Crippen molar-refractivity contribution in [3.63, 3.8) is 0 Å². The molecule has 2 nitrogen and oxygen atoms in total. The second kappa shape index (κ2) is 6.18. The van der Waals surface area contributed by atoms with Gasteiger partial charge < -0.3 is 10.4 Å². The van der Waals surface area contributed by atoms with Crippen molar-refractivity contribution in [2.24, 2.45) is 0 Å². The van der Waals surface area contributed by atoms with Crippen LogP contribution in [0, 0.1) is 11.6 Å². The molecule has 0 aromatic heterocycles. The molecule has 1 atom stereocenters. The van der Waals surface area contributed by atoms with Crippen molar-refractivity contribution >= 4 is 28.9 Å². The van der Waals surface area contributed by atoms with Crippen LogP contribution in [0.5, 0.6) is 0 Å². The number of benzene rings is 2. The van der Waals surface area contributed by atoms with Gasteiger partial charge in [-0.2, -0.15) is 0 Å². The fourth-order valence-electron chi connectivity index (χ4n) is 1.99. The van der Waals surface area contributed by atoms with Gasteiger partial charge in [-0.1, -0.05) is 23.2 Å². The predicted octanol–water partition coefficient (Wildman–Crippen LogP) is 4.59.